The molecule has 5 nitrogen and oxygen atoms in total. The van der Waals surface area contributed by atoms with Crippen molar-refractivity contribution in [1.82, 2.24) is 20.3 Å². The summed E-state index contributed by atoms with van der Waals surface area (Å²) in [5.74, 6) is 0.996. The van der Waals surface area contributed by atoms with E-state index in [4.69, 9.17) is 0 Å². The Morgan fingerprint density at radius 2 is 2.17 bits per heavy atom. The van der Waals surface area contributed by atoms with Gasteiger partial charge >= 0.3 is 0 Å². The summed E-state index contributed by atoms with van der Waals surface area (Å²) < 4.78 is 0. The summed E-state index contributed by atoms with van der Waals surface area (Å²) in [6.07, 6.45) is 4.21. The van der Waals surface area contributed by atoms with Gasteiger partial charge in [0.05, 0.1) is 6.20 Å². The van der Waals surface area contributed by atoms with Crippen LogP contribution >= 0.6 is 0 Å². The lowest BCUT2D eigenvalue weighted by Gasteiger charge is -2.32. The van der Waals surface area contributed by atoms with Gasteiger partial charge in [-0.3, -0.25) is 0 Å². The number of fused-ring (bicyclic) bond motifs is 1. The Morgan fingerprint density at radius 3 is 2.89 bits per heavy atom. The molecule has 1 fully saturated rings. The van der Waals surface area contributed by atoms with Crippen molar-refractivity contribution in [2.45, 2.75) is 25.8 Å². The molecule has 1 aliphatic rings. The lowest BCUT2D eigenvalue weighted by Crippen LogP contribution is -2.41. The van der Waals surface area contributed by atoms with E-state index in [0.29, 0.717) is 6.04 Å². The molecule has 96 valence electrons. The molecule has 0 unspecified atom stereocenters. The zero-order valence-electron chi connectivity index (χ0n) is 10.9. The predicted molar refractivity (Wildman–Crippen MR) is 72.9 cm³/mol. The van der Waals surface area contributed by atoms with E-state index in [9.17, 15) is 0 Å². The number of aromatic nitrogens is 3. The van der Waals surface area contributed by atoms with Crippen molar-refractivity contribution in [3.8, 4) is 0 Å². The maximum Gasteiger partial charge on any atom is 0.156 e. The van der Waals surface area contributed by atoms with Crippen LogP contribution in [-0.4, -0.2) is 41.1 Å². The quantitative estimate of drug-likeness (QED) is 0.841. The minimum Gasteiger partial charge on any atom is -0.355 e. The fourth-order valence-corrected chi connectivity index (χ4v) is 2.57. The molecule has 1 aliphatic heterocycles. The standard InChI is InChI=1S/C13H19N5/c1-9-7-11-13(16-9)15-8-12(17-11)18-5-3-10(14-2)4-6-18/h7-8,10,14H,3-6H2,1-2H3,(H,15,16). The molecule has 18 heavy (non-hydrogen) atoms. The predicted octanol–water partition coefficient (Wildman–Crippen LogP) is 1.45. The molecule has 0 saturated carbocycles. The Balaban J connectivity index is 1.82. The number of anilines is 1. The Labute approximate surface area is 107 Å². The molecule has 0 amide bonds. The monoisotopic (exact) mass is 245 g/mol. The Hall–Kier alpha value is -1.62. The first-order chi connectivity index (χ1) is 8.76. The van der Waals surface area contributed by atoms with Gasteiger partial charge in [-0.1, -0.05) is 0 Å². The third-order valence-electron chi connectivity index (χ3n) is 3.68. The second kappa shape index (κ2) is 4.57. The van der Waals surface area contributed by atoms with Crippen molar-refractivity contribution >= 4 is 17.0 Å². The van der Waals surface area contributed by atoms with Crippen molar-refractivity contribution in [2.24, 2.45) is 0 Å². The summed E-state index contributed by atoms with van der Waals surface area (Å²) in [7, 11) is 2.04. The van der Waals surface area contributed by atoms with Gasteiger partial charge in [0.25, 0.3) is 0 Å². The minimum absolute atomic E-state index is 0.646. The van der Waals surface area contributed by atoms with Crippen molar-refractivity contribution in [2.75, 3.05) is 25.0 Å². The highest BCUT2D eigenvalue weighted by Crippen LogP contribution is 2.20. The number of rotatable bonds is 2. The molecule has 5 heteroatoms. The fraction of sp³-hybridized carbons (Fsp3) is 0.538. The van der Waals surface area contributed by atoms with Crippen molar-refractivity contribution in [1.29, 1.82) is 0 Å². The van der Waals surface area contributed by atoms with Gasteiger partial charge in [0.1, 0.15) is 11.3 Å². The maximum atomic E-state index is 4.68. The van der Waals surface area contributed by atoms with Crippen LogP contribution in [-0.2, 0) is 0 Å². The van der Waals surface area contributed by atoms with Gasteiger partial charge in [0.15, 0.2) is 5.65 Å². The van der Waals surface area contributed by atoms with Crippen molar-refractivity contribution in [3.63, 3.8) is 0 Å². The van der Waals surface area contributed by atoms with Gasteiger partial charge in [0, 0.05) is 24.8 Å². The van der Waals surface area contributed by atoms with Crippen LogP contribution in [0.1, 0.15) is 18.5 Å². The van der Waals surface area contributed by atoms with Crippen molar-refractivity contribution in [3.05, 3.63) is 18.0 Å². The lowest BCUT2D eigenvalue weighted by molar-refractivity contribution is 0.441. The topological polar surface area (TPSA) is 56.8 Å². The summed E-state index contributed by atoms with van der Waals surface area (Å²) in [5, 5.41) is 3.34. The highest BCUT2D eigenvalue weighted by molar-refractivity contribution is 5.73. The molecule has 2 aromatic rings. The van der Waals surface area contributed by atoms with Crippen LogP contribution in [0.5, 0.6) is 0 Å². The first kappa shape index (κ1) is 11.5. The van der Waals surface area contributed by atoms with Gasteiger partial charge < -0.3 is 15.2 Å². The second-order valence-electron chi connectivity index (χ2n) is 4.96. The third-order valence-corrected chi connectivity index (χ3v) is 3.68. The van der Waals surface area contributed by atoms with E-state index in [1.165, 1.54) is 12.8 Å². The SMILES string of the molecule is CNC1CCN(c2cnc3[nH]c(C)cc3n2)CC1. The highest BCUT2D eigenvalue weighted by Gasteiger charge is 2.19. The summed E-state index contributed by atoms with van der Waals surface area (Å²) in [4.78, 5) is 14.6. The summed E-state index contributed by atoms with van der Waals surface area (Å²) in [6, 6.07) is 2.69. The average Bonchev–Trinajstić information content (AvgIpc) is 2.78. The third kappa shape index (κ3) is 2.06. The van der Waals surface area contributed by atoms with Gasteiger partial charge in [-0.2, -0.15) is 0 Å². The van der Waals surface area contributed by atoms with Gasteiger partial charge in [-0.15, -0.1) is 0 Å². The molecule has 2 N–H and O–H groups in total. The van der Waals surface area contributed by atoms with Crippen molar-refractivity contribution < 1.29 is 0 Å². The zero-order chi connectivity index (χ0) is 12.5. The first-order valence-electron chi connectivity index (χ1n) is 6.51. The number of nitrogens with one attached hydrogen (secondary N) is 2. The highest BCUT2D eigenvalue weighted by atomic mass is 15.2. The molecule has 0 bridgehead atoms. The largest absolute Gasteiger partial charge is 0.355 e. The average molecular weight is 245 g/mol. The number of piperidine rings is 1. The number of nitrogens with zero attached hydrogens (tertiary/aromatic N) is 3. The van der Waals surface area contributed by atoms with Gasteiger partial charge in [-0.25, -0.2) is 9.97 Å². The molecule has 3 heterocycles. The number of hydrogen-bond donors (Lipinski definition) is 2. The minimum atomic E-state index is 0.646. The van der Waals surface area contributed by atoms with E-state index in [0.717, 1.165) is 35.8 Å². The Bertz CT molecular complexity index is 539. The lowest BCUT2D eigenvalue weighted by atomic mass is 10.1. The fourth-order valence-electron chi connectivity index (χ4n) is 2.57. The molecule has 0 aliphatic carbocycles. The molecular weight excluding hydrogens is 226 g/mol. The number of hydrogen-bond acceptors (Lipinski definition) is 4. The molecule has 1 saturated heterocycles. The van der Waals surface area contributed by atoms with E-state index in [1.54, 1.807) is 0 Å². The Kier molecular flexibility index (Phi) is 2.91. The Morgan fingerprint density at radius 1 is 1.39 bits per heavy atom. The van der Waals surface area contributed by atoms with Gasteiger partial charge in [-0.05, 0) is 32.9 Å². The zero-order valence-corrected chi connectivity index (χ0v) is 10.9. The smallest absolute Gasteiger partial charge is 0.156 e. The molecular formula is C13H19N5. The van der Waals surface area contributed by atoms with E-state index in [1.807, 2.05) is 26.2 Å². The van der Waals surface area contributed by atoms with Crippen LogP contribution < -0.4 is 10.2 Å². The molecule has 2 aromatic heterocycles. The van der Waals surface area contributed by atoms with E-state index in [2.05, 4.69) is 25.2 Å². The number of aromatic amines is 1. The molecule has 0 atom stereocenters. The number of aryl methyl sites for hydroxylation is 1. The molecule has 3 rings (SSSR count). The van der Waals surface area contributed by atoms with Crippen LogP contribution in [0.2, 0.25) is 0 Å². The summed E-state index contributed by atoms with van der Waals surface area (Å²) in [6.45, 7) is 4.13. The van der Waals surface area contributed by atoms with E-state index >= 15 is 0 Å². The van der Waals surface area contributed by atoms with Crippen LogP contribution in [0, 0.1) is 6.92 Å². The molecule has 0 radical (unpaired) electrons. The normalized spacial score (nSPS) is 17.6. The van der Waals surface area contributed by atoms with Crippen LogP contribution in [0.15, 0.2) is 12.3 Å². The maximum absolute atomic E-state index is 4.68. The van der Waals surface area contributed by atoms with E-state index in [-0.39, 0.29) is 0 Å². The van der Waals surface area contributed by atoms with Crippen LogP contribution in [0.4, 0.5) is 5.82 Å². The van der Waals surface area contributed by atoms with Crippen LogP contribution in [0.3, 0.4) is 0 Å². The van der Waals surface area contributed by atoms with Crippen LogP contribution in [0.25, 0.3) is 11.2 Å². The molecule has 0 spiro atoms. The van der Waals surface area contributed by atoms with E-state index < -0.39 is 0 Å². The second-order valence-corrected chi connectivity index (χ2v) is 4.96. The summed E-state index contributed by atoms with van der Waals surface area (Å²) >= 11 is 0. The number of H-pyrrole nitrogens is 1. The summed E-state index contributed by atoms with van der Waals surface area (Å²) in [5.41, 5.74) is 2.94. The first-order valence-corrected chi connectivity index (χ1v) is 6.51. The molecule has 0 aromatic carbocycles. The van der Waals surface area contributed by atoms with Gasteiger partial charge in [0.2, 0.25) is 0 Å².